The van der Waals surface area contributed by atoms with Crippen LogP contribution in [0.3, 0.4) is 0 Å². The lowest BCUT2D eigenvalue weighted by atomic mass is 9.78. The van der Waals surface area contributed by atoms with E-state index < -0.39 is 0 Å². The zero-order valence-corrected chi connectivity index (χ0v) is 18.0. The quantitative estimate of drug-likeness (QED) is 0.395. The summed E-state index contributed by atoms with van der Waals surface area (Å²) in [5.74, 6) is 0.227. The Morgan fingerprint density at radius 1 is 1.03 bits per heavy atom. The number of fused-ring (bicyclic) bond motifs is 2. The molecule has 1 spiro atoms. The molecule has 1 atom stereocenters. The summed E-state index contributed by atoms with van der Waals surface area (Å²) in [5, 5.41) is 9.29. The Labute approximate surface area is 187 Å². The first-order valence-electron chi connectivity index (χ1n) is 10.7. The van der Waals surface area contributed by atoms with Crippen LogP contribution in [0.2, 0.25) is 0 Å². The number of amides is 1. The summed E-state index contributed by atoms with van der Waals surface area (Å²) in [6.07, 6.45) is 3.48. The van der Waals surface area contributed by atoms with E-state index >= 15 is 0 Å². The SMILES string of the molecule is CN(C=O)C(N)=NC1c2cc(-c3cccc(C#N)c3)ccc2CC12Cc1ccccc1C2. The highest BCUT2D eigenvalue weighted by Crippen LogP contribution is 2.56. The van der Waals surface area contributed by atoms with E-state index in [1.54, 1.807) is 7.05 Å². The number of rotatable bonds is 3. The summed E-state index contributed by atoms with van der Waals surface area (Å²) in [6.45, 7) is 0. The molecule has 2 aliphatic rings. The number of hydrogen-bond acceptors (Lipinski definition) is 3. The maximum Gasteiger partial charge on any atom is 0.216 e. The summed E-state index contributed by atoms with van der Waals surface area (Å²) >= 11 is 0. The fourth-order valence-corrected chi connectivity index (χ4v) is 5.29. The molecule has 0 saturated carbocycles. The fourth-order valence-electron chi connectivity index (χ4n) is 5.29. The van der Waals surface area contributed by atoms with Crippen LogP contribution in [0.5, 0.6) is 0 Å². The number of nitrogens with zero attached hydrogens (tertiary/aromatic N) is 3. The molecule has 2 aliphatic carbocycles. The minimum atomic E-state index is -0.147. The van der Waals surface area contributed by atoms with Crippen LogP contribution in [-0.4, -0.2) is 24.3 Å². The fraction of sp³-hybridized carbons (Fsp3) is 0.222. The molecule has 0 fully saturated rings. The Hall–Kier alpha value is -3.91. The predicted molar refractivity (Wildman–Crippen MR) is 125 cm³/mol. The van der Waals surface area contributed by atoms with Gasteiger partial charge < -0.3 is 5.73 Å². The molecule has 0 heterocycles. The van der Waals surface area contributed by atoms with E-state index in [0.717, 1.165) is 36.0 Å². The Bertz CT molecular complexity index is 1260. The third kappa shape index (κ3) is 3.25. The molecule has 1 amide bonds. The largest absolute Gasteiger partial charge is 0.369 e. The summed E-state index contributed by atoms with van der Waals surface area (Å²) in [7, 11) is 1.63. The number of carbonyl (C=O) groups is 1. The van der Waals surface area contributed by atoms with Crippen molar-refractivity contribution >= 4 is 12.4 Å². The number of nitrogens with two attached hydrogens (primary N) is 1. The topological polar surface area (TPSA) is 82.5 Å². The number of nitriles is 1. The number of guanidine groups is 1. The molecule has 0 saturated heterocycles. The first-order chi connectivity index (χ1) is 15.5. The van der Waals surface area contributed by atoms with Gasteiger partial charge in [-0.2, -0.15) is 5.26 Å². The average molecular weight is 421 g/mol. The second kappa shape index (κ2) is 7.65. The van der Waals surface area contributed by atoms with E-state index in [9.17, 15) is 10.1 Å². The molecule has 0 aliphatic heterocycles. The second-order valence-corrected chi connectivity index (χ2v) is 8.87. The van der Waals surface area contributed by atoms with Crippen molar-refractivity contribution in [1.29, 1.82) is 5.26 Å². The average Bonchev–Trinajstić information content (AvgIpc) is 3.34. The molecule has 3 aromatic carbocycles. The molecule has 5 nitrogen and oxygen atoms in total. The molecule has 5 heteroatoms. The van der Waals surface area contributed by atoms with E-state index in [-0.39, 0.29) is 17.4 Å². The summed E-state index contributed by atoms with van der Waals surface area (Å²) in [6, 6.07) is 24.8. The van der Waals surface area contributed by atoms with Crippen molar-refractivity contribution in [2.45, 2.75) is 25.3 Å². The molecule has 5 rings (SSSR count). The van der Waals surface area contributed by atoms with Crippen molar-refractivity contribution in [2.24, 2.45) is 16.1 Å². The molecular weight excluding hydrogens is 396 g/mol. The minimum absolute atomic E-state index is 0.0898. The first kappa shape index (κ1) is 20.0. The molecule has 158 valence electrons. The van der Waals surface area contributed by atoms with Gasteiger partial charge in [-0.3, -0.25) is 9.69 Å². The van der Waals surface area contributed by atoms with Gasteiger partial charge >= 0.3 is 0 Å². The van der Waals surface area contributed by atoms with Gasteiger partial charge in [-0.25, -0.2) is 4.99 Å². The lowest BCUT2D eigenvalue weighted by molar-refractivity contribution is -0.114. The van der Waals surface area contributed by atoms with Crippen LogP contribution in [-0.2, 0) is 24.1 Å². The van der Waals surface area contributed by atoms with E-state index in [2.05, 4.69) is 48.5 Å². The van der Waals surface area contributed by atoms with Crippen LogP contribution in [0, 0.1) is 16.7 Å². The van der Waals surface area contributed by atoms with Gasteiger partial charge in [-0.05, 0) is 70.8 Å². The first-order valence-corrected chi connectivity index (χ1v) is 10.7. The molecule has 0 radical (unpaired) electrons. The van der Waals surface area contributed by atoms with Crippen LogP contribution in [0.4, 0.5) is 0 Å². The Morgan fingerprint density at radius 2 is 1.72 bits per heavy atom. The Balaban J connectivity index is 1.62. The Morgan fingerprint density at radius 3 is 2.41 bits per heavy atom. The number of aliphatic imine (C=N–C) groups is 1. The van der Waals surface area contributed by atoms with Gasteiger partial charge in [0.25, 0.3) is 0 Å². The van der Waals surface area contributed by atoms with Crippen LogP contribution >= 0.6 is 0 Å². The van der Waals surface area contributed by atoms with E-state index in [0.29, 0.717) is 12.0 Å². The van der Waals surface area contributed by atoms with Crippen molar-refractivity contribution in [3.63, 3.8) is 0 Å². The predicted octanol–water partition coefficient (Wildman–Crippen LogP) is 4.01. The summed E-state index contributed by atoms with van der Waals surface area (Å²) < 4.78 is 0. The molecule has 2 N–H and O–H groups in total. The van der Waals surface area contributed by atoms with E-state index in [4.69, 9.17) is 10.7 Å². The van der Waals surface area contributed by atoms with Crippen molar-refractivity contribution in [3.8, 4) is 17.2 Å². The highest BCUT2D eigenvalue weighted by molar-refractivity contribution is 5.87. The van der Waals surface area contributed by atoms with Gasteiger partial charge in [0.2, 0.25) is 6.41 Å². The zero-order valence-electron chi connectivity index (χ0n) is 18.0. The number of hydrogen-bond donors (Lipinski definition) is 1. The molecule has 1 unspecified atom stereocenters. The van der Waals surface area contributed by atoms with Gasteiger partial charge in [0.05, 0.1) is 17.7 Å². The standard InChI is InChI=1S/C27H24N4O/c1-31(17-32)26(29)30-25-24-12-20(19-8-4-5-18(11-19)16-28)9-10-23(24)15-27(25)13-21-6-2-3-7-22(21)14-27/h2-12,17,25H,13-15H2,1H3,(H2,29,30). The lowest BCUT2D eigenvalue weighted by Crippen LogP contribution is -2.35. The van der Waals surface area contributed by atoms with Gasteiger partial charge in [0.15, 0.2) is 5.96 Å². The maximum atomic E-state index is 11.3. The highest BCUT2D eigenvalue weighted by Gasteiger charge is 2.49. The third-order valence-corrected chi connectivity index (χ3v) is 6.87. The maximum absolute atomic E-state index is 11.3. The van der Waals surface area contributed by atoms with Crippen LogP contribution in [0.25, 0.3) is 11.1 Å². The second-order valence-electron chi connectivity index (χ2n) is 8.87. The third-order valence-electron chi connectivity index (χ3n) is 6.87. The zero-order chi connectivity index (χ0) is 22.3. The van der Waals surface area contributed by atoms with Crippen LogP contribution < -0.4 is 5.73 Å². The summed E-state index contributed by atoms with van der Waals surface area (Å²) in [4.78, 5) is 17.5. The molecule has 32 heavy (non-hydrogen) atoms. The van der Waals surface area contributed by atoms with E-state index in [1.807, 2.05) is 24.3 Å². The van der Waals surface area contributed by atoms with Gasteiger partial charge in [0, 0.05) is 12.5 Å². The van der Waals surface area contributed by atoms with Gasteiger partial charge in [-0.1, -0.05) is 48.5 Å². The number of benzene rings is 3. The Kier molecular flexibility index (Phi) is 4.79. The highest BCUT2D eigenvalue weighted by atomic mass is 16.1. The normalized spacial score (nSPS) is 18.1. The molecule has 0 aromatic heterocycles. The molecule has 3 aromatic rings. The monoisotopic (exact) mass is 420 g/mol. The minimum Gasteiger partial charge on any atom is -0.369 e. The molecule has 0 bridgehead atoms. The van der Waals surface area contributed by atoms with Crippen molar-refractivity contribution in [2.75, 3.05) is 7.05 Å². The smallest absolute Gasteiger partial charge is 0.216 e. The van der Waals surface area contributed by atoms with Crippen molar-refractivity contribution in [1.82, 2.24) is 4.90 Å². The molecular formula is C27H24N4O. The van der Waals surface area contributed by atoms with Crippen LogP contribution in [0.1, 0.15) is 33.9 Å². The van der Waals surface area contributed by atoms with Gasteiger partial charge in [0.1, 0.15) is 0 Å². The van der Waals surface area contributed by atoms with Gasteiger partial charge in [-0.15, -0.1) is 0 Å². The van der Waals surface area contributed by atoms with Crippen molar-refractivity contribution < 1.29 is 4.79 Å². The number of carbonyl (C=O) groups excluding carboxylic acids is 1. The van der Waals surface area contributed by atoms with Crippen molar-refractivity contribution in [3.05, 3.63) is 94.5 Å². The summed E-state index contributed by atoms with van der Waals surface area (Å²) in [5.41, 5.74) is 14.0. The van der Waals surface area contributed by atoms with Crippen LogP contribution in [0.15, 0.2) is 71.7 Å². The lowest BCUT2D eigenvalue weighted by Gasteiger charge is -2.30. The van der Waals surface area contributed by atoms with E-state index in [1.165, 1.54) is 21.6 Å².